The van der Waals surface area contributed by atoms with Crippen LogP contribution in [0.2, 0.25) is 5.02 Å². The van der Waals surface area contributed by atoms with Crippen molar-refractivity contribution >= 4 is 27.5 Å². The lowest BCUT2D eigenvalue weighted by Crippen LogP contribution is -2.64. The van der Waals surface area contributed by atoms with E-state index in [9.17, 15) is 8.42 Å². The summed E-state index contributed by atoms with van der Waals surface area (Å²) in [5.41, 5.74) is 0.901. The Kier molecular flexibility index (Phi) is 5.92. The van der Waals surface area contributed by atoms with E-state index in [1.165, 1.54) is 5.56 Å². The average molecular weight is 433 g/mol. The van der Waals surface area contributed by atoms with Crippen LogP contribution in [0, 0.1) is 0 Å². The van der Waals surface area contributed by atoms with Crippen LogP contribution in [0.3, 0.4) is 0 Å². The number of benzene rings is 2. The lowest BCUT2D eigenvalue weighted by atomic mass is 9.85. The van der Waals surface area contributed by atoms with E-state index < -0.39 is 10.0 Å². The molecule has 1 spiro atoms. The number of sulfonamides is 1. The number of aliphatic imine (C=N–C) groups is 1. The minimum absolute atomic E-state index is 0.283. The zero-order valence-electron chi connectivity index (χ0n) is 16.1. The molecule has 2 aromatic carbocycles. The first-order valence-corrected chi connectivity index (χ1v) is 11.6. The van der Waals surface area contributed by atoms with Crippen LogP contribution in [0.25, 0.3) is 0 Å². The summed E-state index contributed by atoms with van der Waals surface area (Å²) in [4.78, 5) is 5.02. The number of hydrogen-bond acceptors (Lipinski definition) is 5. The smallest absolute Gasteiger partial charge is 0.243 e. The van der Waals surface area contributed by atoms with Gasteiger partial charge in [-0.15, -0.1) is 0 Å². The van der Waals surface area contributed by atoms with Crippen LogP contribution < -0.4 is 10.6 Å². The molecule has 2 heterocycles. The van der Waals surface area contributed by atoms with Gasteiger partial charge < -0.3 is 10.6 Å². The predicted molar refractivity (Wildman–Crippen MR) is 116 cm³/mol. The van der Waals surface area contributed by atoms with Gasteiger partial charge in [-0.25, -0.2) is 8.42 Å². The van der Waals surface area contributed by atoms with Crippen LogP contribution in [0.1, 0.15) is 18.4 Å². The number of halogens is 1. The summed E-state index contributed by atoms with van der Waals surface area (Å²) in [6.07, 6.45) is 1.36. The highest BCUT2D eigenvalue weighted by Crippen LogP contribution is 2.29. The van der Waals surface area contributed by atoms with E-state index in [0.29, 0.717) is 37.5 Å². The molecule has 1 saturated heterocycles. The number of rotatable bonds is 4. The Morgan fingerprint density at radius 3 is 2.45 bits per heavy atom. The quantitative estimate of drug-likeness (QED) is 0.779. The molecule has 0 atom stereocenters. The molecule has 2 aromatic rings. The van der Waals surface area contributed by atoms with Gasteiger partial charge in [0.1, 0.15) is 5.84 Å². The fourth-order valence-corrected chi connectivity index (χ4v) is 5.55. The van der Waals surface area contributed by atoms with Crippen LogP contribution in [0.4, 0.5) is 0 Å². The fourth-order valence-electron chi connectivity index (χ4n) is 3.98. The average Bonchev–Trinajstić information content (AvgIpc) is 2.75. The van der Waals surface area contributed by atoms with Crippen LogP contribution in [0.5, 0.6) is 0 Å². The van der Waals surface area contributed by atoms with E-state index in [2.05, 4.69) is 22.8 Å². The Morgan fingerprint density at radius 2 is 1.76 bits per heavy atom. The molecule has 8 heteroatoms. The van der Waals surface area contributed by atoms with Gasteiger partial charge in [-0.2, -0.15) is 4.31 Å². The third-order valence-electron chi connectivity index (χ3n) is 5.63. The highest BCUT2D eigenvalue weighted by atomic mass is 35.5. The van der Waals surface area contributed by atoms with Crippen molar-refractivity contribution in [1.82, 2.24) is 14.9 Å². The lowest BCUT2D eigenvalue weighted by Gasteiger charge is -2.44. The van der Waals surface area contributed by atoms with Gasteiger partial charge in [0.2, 0.25) is 10.0 Å². The molecular formula is C21H25ClN4O2S. The Bertz CT molecular complexity index is 970. The summed E-state index contributed by atoms with van der Waals surface area (Å²) in [5.74, 6) is 0.941. The van der Waals surface area contributed by atoms with E-state index in [-0.39, 0.29) is 10.4 Å². The van der Waals surface area contributed by atoms with E-state index in [1.54, 1.807) is 28.6 Å². The third kappa shape index (κ3) is 4.33. The summed E-state index contributed by atoms with van der Waals surface area (Å²) in [6.45, 7) is 3.13. The lowest BCUT2D eigenvalue weighted by molar-refractivity contribution is 0.241. The van der Waals surface area contributed by atoms with E-state index >= 15 is 0 Å². The third-order valence-corrected chi connectivity index (χ3v) is 7.79. The Morgan fingerprint density at radius 1 is 1.07 bits per heavy atom. The highest BCUT2D eigenvalue weighted by Gasteiger charge is 2.43. The fraction of sp³-hybridized carbons (Fsp3) is 0.381. The zero-order valence-corrected chi connectivity index (χ0v) is 17.7. The SMILES string of the molecule is O=S(=O)(c1ccc(Cl)cc1)N1CCC2(CC1)NCCN=C2NCc1ccccc1. The topological polar surface area (TPSA) is 73.8 Å². The van der Waals surface area contributed by atoms with Gasteiger partial charge in [-0.3, -0.25) is 4.99 Å². The Balaban J connectivity index is 1.45. The minimum atomic E-state index is -3.52. The summed E-state index contributed by atoms with van der Waals surface area (Å²) in [7, 11) is -3.52. The molecule has 6 nitrogen and oxygen atoms in total. The number of piperidine rings is 1. The summed E-state index contributed by atoms with van der Waals surface area (Å²) < 4.78 is 27.5. The van der Waals surface area contributed by atoms with Crippen molar-refractivity contribution in [3.63, 3.8) is 0 Å². The molecule has 0 amide bonds. The monoisotopic (exact) mass is 432 g/mol. The molecule has 2 aliphatic heterocycles. The van der Waals surface area contributed by atoms with E-state index in [4.69, 9.17) is 16.6 Å². The first-order valence-electron chi connectivity index (χ1n) is 9.83. The van der Waals surface area contributed by atoms with Gasteiger partial charge >= 0.3 is 0 Å². The van der Waals surface area contributed by atoms with Crippen LogP contribution in [-0.2, 0) is 16.6 Å². The second-order valence-corrected chi connectivity index (χ2v) is 9.81. The molecule has 29 heavy (non-hydrogen) atoms. The minimum Gasteiger partial charge on any atom is -0.368 e. The molecule has 4 rings (SSSR count). The summed E-state index contributed by atoms with van der Waals surface area (Å²) >= 11 is 5.90. The molecule has 0 aromatic heterocycles. The van der Waals surface area contributed by atoms with Crippen LogP contribution in [0.15, 0.2) is 64.5 Å². The Labute approximate surface area is 177 Å². The van der Waals surface area contributed by atoms with Crippen molar-refractivity contribution in [3.05, 3.63) is 65.2 Å². The molecule has 0 unspecified atom stereocenters. The first-order chi connectivity index (χ1) is 14.0. The summed E-state index contributed by atoms with van der Waals surface area (Å²) in [5, 5.41) is 7.63. The predicted octanol–water partition coefficient (Wildman–Crippen LogP) is 2.65. The van der Waals surface area contributed by atoms with Crippen molar-refractivity contribution in [1.29, 1.82) is 0 Å². The molecule has 0 radical (unpaired) electrons. The molecule has 0 aliphatic carbocycles. The van der Waals surface area contributed by atoms with Gasteiger partial charge in [-0.1, -0.05) is 41.9 Å². The molecule has 0 bridgehead atoms. The molecule has 2 N–H and O–H groups in total. The van der Waals surface area contributed by atoms with Gasteiger partial charge in [0.15, 0.2) is 0 Å². The number of amidine groups is 1. The second-order valence-electron chi connectivity index (χ2n) is 7.44. The zero-order chi connectivity index (χ0) is 20.3. The molecule has 0 saturated carbocycles. The molecule has 154 valence electrons. The standard InChI is InChI=1S/C21H25ClN4O2S/c22-18-6-8-19(9-7-18)29(27,28)26-14-10-21(11-15-26)20(23-12-13-25-21)24-16-17-4-2-1-3-5-17/h1-9,25H,10-16H2,(H,23,24). The number of nitrogens with zero attached hydrogens (tertiary/aromatic N) is 2. The Hall–Kier alpha value is -1.93. The maximum Gasteiger partial charge on any atom is 0.243 e. The van der Waals surface area contributed by atoms with E-state index in [0.717, 1.165) is 18.9 Å². The molecular weight excluding hydrogens is 408 g/mol. The number of nitrogens with one attached hydrogen (secondary N) is 2. The van der Waals surface area contributed by atoms with Crippen molar-refractivity contribution in [2.45, 2.75) is 29.8 Å². The second kappa shape index (κ2) is 8.44. The molecule has 1 fully saturated rings. The largest absolute Gasteiger partial charge is 0.368 e. The maximum absolute atomic E-state index is 13.0. The number of hydrogen-bond donors (Lipinski definition) is 2. The van der Waals surface area contributed by atoms with Crippen molar-refractivity contribution in [2.75, 3.05) is 26.2 Å². The van der Waals surface area contributed by atoms with Crippen molar-refractivity contribution in [2.24, 2.45) is 4.99 Å². The van der Waals surface area contributed by atoms with Crippen LogP contribution >= 0.6 is 11.6 Å². The summed E-state index contributed by atoms with van der Waals surface area (Å²) in [6, 6.07) is 16.6. The van der Waals surface area contributed by atoms with Crippen LogP contribution in [-0.4, -0.2) is 50.3 Å². The van der Waals surface area contributed by atoms with Gasteiger partial charge in [-0.05, 0) is 42.7 Å². The maximum atomic E-state index is 13.0. The van der Waals surface area contributed by atoms with E-state index in [1.807, 2.05) is 18.2 Å². The first kappa shape index (κ1) is 20.3. The van der Waals surface area contributed by atoms with Gasteiger partial charge in [0, 0.05) is 31.2 Å². The van der Waals surface area contributed by atoms with Gasteiger partial charge in [0.25, 0.3) is 0 Å². The normalized spacial score (nSPS) is 19.7. The molecule has 2 aliphatic rings. The highest BCUT2D eigenvalue weighted by molar-refractivity contribution is 7.89. The van der Waals surface area contributed by atoms with Crippen molar-refractivity contribution < 1.29 is 8.42 Å². The van der Waals surface area contributed by atoms with Gasteiger partial charge in [0.05, 0.1) is 17.0 Å². The van der Waals surface area contributed by atoms with Crippen molar-refractivity contribution in [3.8, 4) is 0 Å².